The number of halogens is 1. The number of carbonyl (C=O) groups is 1. The Morgan fingerprint density at radius 2 is 2.07 bits per heavy atom. The molecule has 148 valence electrons. The van der Waals surface area contributed by atoms with Crippen molar-refractivity contribution in [2.24, 2.45) is 0 Å². The van der Waals surface area contributed by atoms with Gasteiger partial charge in [-0.3, -0.25) is 4.79 Å². The minimum absolute atomic E-state index is 0.0101. The van der Waals surface area contributed by atoms with E-state index in [1.54, 1.807) is 12.1 Å². The summed E-state index contributed by atoms with van der Waals surface area (Å²) in [6.07, 6.45) is 8.38. The third kappa shape index (κ3) is 6.71. The molecule has 0 heterocycles. The molecule has 0 aliphatic rings. The number of nitrogens with one attached hydrogen (secondary N) is 1. The third-order valence-electron chi connectivity index (χ3n) is 4.00. The molecule has 29 heavy (non-hydrogen) atoms. The first-order chi connectivity index (χ1) is 14.1. The predicted molar refractivity (Wildman–Crippen MR) is 116 cm³/mol. The molecule has 0 spiro atoms. The van der Waals surface area contributed by atoms with Crippen molar-refractivity contribution >= 4 is 27.9 Å². The van der Waals surface area contributed by atoms with Crippen LogP contribution in [0, 0.1) is 23.7 Å². The van der Waals surface area contributed by atoms with Gasteiger partial charge in [-0.25, -0.2) is 0 Å². The van der Waals surface area contributed by atoms with E-state index in [4.69, 9.17) is 15.9 Å². The monoisotopic (exact) mass is 452 g/mol. The van der Waals surface area contributed by atoms with Crippen molar-refractivity contribution in [1.29, 1.82) is 5.26 Å². The van der Waals surface area contributed by atoms with Crippen molar-refractivity contribution in [3.63, 3.8) is 0 Å². The molecule has 0 unspecified atom stereocenters. The number of nitrogens with zero attached hydrogens (tertiary/aromatic N) is 1. The van der Waals surface area contributed by atoms with E-state index >= 15 is 0 Å². The van der Waals surface area contributed by atoms with E-state index in [0.29, 0.717) is 28.1 Å². The van der Waals surface area contributed by atoms with Crippen LogP contribution < -0.4 is 14.8 Å². The second-order valence-corrected chi connectivity index (χ2v) is 6.90. The summed E-state index contributed by atoms with van der Waals surface area (Å²) < 4.78 is 11.4. The SMILES string of the molecule is C#CCOc1c(Br)cc(/C=C(/C#N)C(=O)NCCCc2ccccc2)cc1OC. The zero-order valence-corrected chi connectivity index (χ0v) is 17.7. The molecule has 0 fully saturated rings. The van der Waals surface area contributed by atoms with Crippen LogP contribution in [-0.4, -0.2) is 26.2 Å². The first-order valence-corrected chi connectivity index (χ1v) is 9.76. The van der Waals surface area contributed by atoms with Gasteiger partial charge < -0.3 is 14.8 Å². The average molecular weight is 453 g/mol. The van der Waals surface area contributed by atoms with Gasteiger partial charge in [0.1, 0.15) is 18.2 Å². The van der Waals surface area contributed by atoms with Crippen molar-refractivity contribution in [1.82, 2.24) is 5.32 Å². The largest absolute Gasteiger partial charge is 0.493 e. The highest BCUT2D eigenvalue weighted by Crippen LogP contribution is 2.37. The lowest BCUT2D eigenvalue weighted by molar-refractivity contribution is -0.117. The summed E-state index contributed by atoms with van der Waals surface area (Å²) in [6, 6.07) is 15.4. The Balaban J connectivity index is 2.04. The molecule has 2 aromatic rings. The normalized spacial score (nSPS) is 10.6. The van der Waals surface area contributed by atoms with Crippen LogP contribution in [-0.2, 0) is 11.2 Å². The molecular formula is C23H21BrN2O3. The molecule has 0 radical (unpaired) electrons. The zero-order valence-electron chi connectivity index (χ0n) is 16.1. The lowest BCUT2D eigenvalue weighted by Crippen LogP contribution is -2.25. The van der Waals surface area contributed by atoms with Gasteiger partial charge in [0.25, 0.3) is 5.91 Å². The molecule has 0 saturated carbocycles. The highest BCUT2D eigenvalue weighted by Gasteiger charge is 2.13. The fourth-order valence-corrected chi connectivity index (χ4v) is 3.20. The molecule has 0 saturated heterocycles. The molecule has 2 aromatic carbocycles. The summed E-state index contributed by atoms with van der Waals surface area (Å²) >= 11 is 3.41. The Kier molecular flexibility index (Phi) is 8.82. The Hall–Kier alpha value is -3.22. The van der Waals surface area contributed by atoms with E-state index in [0.717, 1.165) is 12.8 Å². The number of carbonyl (C=O) groups excluding carboxylic acids is 1. The highest BCUT2D eigenvalue weighted by atomic mass is 79.9. The summed E-state index contributed by atoms with van der Waals surface area (Å²) in [5.41, 5.74) is 1.84. The minimum Gasteiger partial charge on any atom is -0.493 e. The van der Waals surface area contributed by atoms with Crippen LogP contribution in [0.5, 0.6) is 11.5 Å². The van der Waals surface area contributed by atoms with Crippen LogP contribution in [0.25, 0.3) is 6.08 Å². The van der Waals surface area contributed by atoms with Gasteiger partial charge in [-0.2, -0.15) is 5.26 Å². The lowest BCUT2D eigenvalue weighted by Gasteiger charge is -2.12. The molecule has 2 rings (SSSR count). The lowest BCUT2D eigenvalue weighted by atomic mass is 10.1. The maximum atomic E-state index is 12.3. The maximum absolute atomic E-state index is 12.3. The van der Waals surface area contributed by atoms with Crippen molar-refractivity contribution < 1.29 is 14.3 Å². The maximum Gasteiger partial charge on any atom is 0.261 e. The summed E-state index contributed by atoms with van der Waals surface area (Å²) in [6.45, 7) is 0.581. The van der Waals surface area contributed by atoms with E-state index < -0.39 is 5.91 Å². The quantitative estimate of drug-likeness (QED) is 0.268. The Bertz CT molecular complexity index is 957. The minimum atomic E-state index is -0.414. The Morgan fingerprint density at radius 1 is 1.31 bits per heavy atom. The van der Waals surface area contributed by atoms with Crippen LogP contribution in [0.3, 0.4) is 0 Å². The molecule has 0 atom stereocenters. The number of amides is 1. The number of hydrogen-bond donors (Lipinski definition) is 1. The van der Waals surface area contributed by atoms with Crippen molar-refractivity contribution in [2.75, 3.05) is 20.3 Å². The van der Waals surface area contributed by atoms with Crippen molar-refractivity contribution in [3.05, 3.63) is 63.6 Å². The molecule has 0 aliphatic carbocycles. The van der Waals surface area contributed by atoms with Gasteiger partial charge in [-0.15, -0.1) is 6.42 Å². The van der Waals surface area contributed by atoms with Crippen LogP contribution in [0.15, 0.2) is 52.5 Å². The molecule has 1 amide bonds. The van der Waals surface area contributed by atoms with Crippen molar-refractivity contribution in [2.45, 2.75) is 12.8 Å². The molecule has 1 N–H and O–H groups in total. The molecule has 0 aromatic heterocycles. The number of ether oxygens (including phenoxy) is 2. The molecule has 0 bridgehead atoms. The first kappa shape index (κ1) is 22.1. The highest BCUT2D eigenvalue weighted by molar-refractivity contribution is 9.10. The number of methoxy groups -OCH3 is 1. The predicted octanol–water partition coefficient (Wildman–Crippen LogP) is 4.13. The van der Waals surface area contributed by atoms with Crippen LogP contribution in [0.2, 0.25) is 0 Å². The molecular weight excluding hydrogens is 432 g/mol. The summed E-state index contributed by atoms with van der Waals surface area (Å²) in [4.78, 5) is 12.3. The molecule has 6 heteroatoms. The third-order valence-corrected chi connectivity index (χ3v) is 4.59. The Labute approximate surface area is 179 Å². The van der Waals surface area contributed by atoms with E-state index in [1.165, 1.54) is 18.7 Å². The van der Waals surface area contributed by atoms with E-state index in [-0.39, 0.29) is 12.2 Å². The van der Waals surface area contributed by atoms with Crippen molar-refractivity contribution in [3.8, 4) is 29.9 Å². The van der Waals surface area contributed by atoms with E-state index in [9.17, 15) is 10.1 Å². The van der Waals surface area contributed by atoms with E-state index in [1.807, 2.05) is 36.4 Å². The van der Waals surface area contributed by atoms with E-state index in [2.05, 4.69) is 27.2 Å². The average Bonchev–Trinajstić information content (AvgIpc) is 2.74. The number of aryl methyl sites for hydroxylation is 1. The number of hydrogen-bond acceptors (Lipinski definition) is 4. The number of benzene rings is 2. The van der Waals surface area contributed by atoms with Crippen LogP contribution >= 0.6 is 15.9 Å². The first-order valence-electron chi connectivity index (χ1n) is 8.96. The fourth-order valence-electron chi connectivity index (χ4n) is 2.63. The van der Waals surface area contributed by atoms with Gasteiger partial charge in [-0.05, 0) is 58.1 Å². The van der Waals surface area contributed by atoms with Crippen LogP contribution in [0.4, 0.5) is 0 Å². The molecule has 5 nitrogen and oxygen atoms in total. The van der Waals surface area contributed by atoms with Crippen LogP contribution in [0.1, 0.15) is 17.5 Å². The van der Waals surface area contributed by atoms with Gasteiger partial charge >= 0.3 is 0 Å². The topological polar surface area (TPSA) is 71.3 Å². The van der Waals surface area contributed by atoms with Gasteiger partial charge in [0, 0.05) is 6.54 Å². The Morgan fingerprint density at radius 3 is 2.72 bits per heavy atom. The van der Waals surface area contributed by atoms with Gasteiger partial charge in [0.2, 0.25) is 0 Å². The second kappa shape index (κ2) is 11.6. The number of terminal acetylenes is 1. The summed E-state index contributed by atoms with van der Waals surface area (Å²) in [7, 11) is 1.50. The standard InChI is InChI=1S/C23H21BrN2O3/c1-3-12-29-22-20(24)14-18(15-21(22)28-2)13-19(16-25)23(27)26-11-7-10-17-8-5-4-6-9-17/h1,4-6,8-9,13-15H,7,10-12H2,2H3,(H,26,27)/b19-13-. The van der Waals surface area contributed by atoms with Gasteiger partial charge in [-0.1, -0.05) is 36.3 Å². The smallest absolute Gasteiger partial charge is 0.261 e. The zero-order chi connectivity index (χ0) is 21.1. The summed E-state index contributed by atoms with van der Waals surface area (Å²) in [5, 5.41) is 12.2. The fraction of sp³-hybridized carbons (Fsp3) is 0.217. The second-order valence-electron chi connectivity index (χ2n) is 6.04. The molecule has 0 aliphatic heterocycles. The van der Waals surface area contributed by atoms with Gasteiger partial charge in [0.15, 0.2) is 11.5 Å². The van der Waals surface area contributed by atoms with Gasteiger partial charge in [0.05, 0.1) is 11.6 Å². The number of rotatable bonds is 9. The summed E-state index contributed by atoms with van der Waals surface area (Å²) in [5.74, 6) is 2.89. The number of nitriles is 1.